The van der Waals surface area contributed by atoms with Crippen LogP contribution in [0.5, 0.6) is 5.75 Å². The fraction of sp³-hybridized carbons (Fsp3) is 0.0909. The van der Waals surface area contributed by atoms with Crippen molar-refractivity contribution in [3.8, 4) is 28.3 Å². The van der Waals surface area contributed by atoms with Crippen LogP contribution in [0.2, 0.25) is 0 Å². The second-order valence-corrected chi connectivity index (χ2v) is 6.57. The van der Waals surface area contributed by atoms with Gasteiger partial charge in [-0.2, -0.15) is 0 Å². The first kappa shape index (κ1) is 18.4. The van der Waals surface area contributed by atoms with Crippen LogP contribution in [0.1, 0.15) is 5.56 Å². The van der Waals surface area contributed by atoms with Crippen molar-refractivity contribution in [2.75, 3.05) is 7.11 Å². The molecule has 0 unspecified atom stereocenters. The molecule has 2 aromatic carbocycles. The number of nitrogens with zero attached hydrogens (tertiary/aromatic N) is 2. The minimum Gasteiger partial charge on any atom is -0.515 e. The van der Waals surface area contributed by atoms with E-state index < -0.39 is 11.1 Å². The topological polar surface area (TPSA) is 110 Å². The van der Waals surface area contributed by atoms with Crippen LogP contribution in [-0.4, -0.2) is 27.3 Å². The largest absolute Gasteiger partial charge is 0.515 e. The van der Waals surface area contributed by atoms with E-state index in [0.717, 1.165) is 18.1 Å². The van der Waals surface area contributed by atoms with E-state index in [1.54, 1.807) is 37.4 Å². The van der Waals surface area contributed by atoms with Gasteiger partial charge >= 0.3 is 0 Å². The molecule has 4 rings (SSSR count). The number of benzene rings is 2. The van der Waals surface area contributed by atoms with Crippen molar-refractivity contribution < 1.29 is 14.9 Å². The zero-order valence-corrected chi connectivity index (χ0v) is 15.6. The molecule has 2 aromatic rings. The maximum Gasteiger partial charge on any atom is 0.280 e. The van der Waals surface area contributed by atoms with Crippen LogP contribution >= 0.6 is 0 Å². The van der Waals surface area contributed by atoms with Gasteiger partial charge in [0.25, 0.3) is 11.1 Å². The predicted molar refractivity (Wildman–Crippen MR) is 108 cm³/mol. The number of aliphatic hydroxyl groups excluding tert-OH is 2. The number of rotatable bonds is 3. The van der Waals surface area contributed by atoms with Crippen LogP contribution in [0.3, 0.4) is 0 Å². The summed E-state index contributed by atoms with van der Waals surface area (Å²) in [6.07, 6.45) is 1.68. The number of ether oxygens (including phenoxy) is 1. The van der Waals surface area contributed by atoms with Crippen LogP contribution in [0.15, 0.2) is 46.0 Å². The molecule has 0 amide bonds. The lowest BCUT2D eigenvalue weighted by Gasteiger charge is -2.05. The molecule has 0 aliphatic carbocycles. The predicted octanol–water partition coefficient (Wildman–Crippen LogP) is 1.04. The third-order valence-corrected chi connectivity index (χ3v) is 4.88. The maximum absolute atomic E-state index is 12.6. The third-order valence-electron chi connectivity index (χ3n) is 4.88. The summed E-state index contributed by atoms with van der Waals surface area (Å²) >= 11 is 0. The summed E-state index contributed by atoms with van der Waals surface area (Å²) in [6.45, 7) is 1.86. The molecular weight excluding hydrogens is 372 g/mol. The van der Waals surface area contributed by atoms with Crippen LogP contribution in [-0.2, 0) is 0 Å². The first-order valence-electron chi connectivity index (χ1n) is 8.73. The van der Waals surface area contributed by atoms with Gasteiger partial charge in [-0.05, 0) is 36.8 Å². The smallest absolute Gasteiger partial charge is 0.280 e. The molecule has 144 valence electrons. The molecular formula is C22H16N2O5. The van der Waals surface area contributed by atoms with Crippen molar-refractivity contribution in [2.45, 2.75) is 6.92 Å². The Bertz CT molecular complexity index is 1510. The zero-order valence-electron chi connectivity index (χ0n) is 15.6. The summed E-state index contributed by atoms with van der Waals surface area (Å²) in [4.78, 5) is 33.5. The molecule has 7 heteroatoms. The Morgan fingerprint density at radius 3 is 1.90 bits per heavy atom. The Labute approximate surface area is 163 Å². The first-order chi connectivity index (χ1) is 14.0. The summed E-state index contributed by atoms with van der Waals surface area (Å²) in [5.41, 5.74) is 1.34. The maximum atomic E-state index is 12.6. The molecule has 0 fully saturated rings. The van der Waals surface area contributed by atoms with Gasteiger partial charge in [-0.3, -0.25) is 9.59 Å². The second-order valence-electron chi connectivity index (χ2n) is 6.57. The quantitative estimate of drug-likeness (QED) is 0.540. The fourth-order valence-corrected chi connectivity index (χ4v) is 3.47. The van der Waals surface area contributed by atoms with E-state index in [4.69, 9.17) is 4.74 Å². The summed E-state index contributed by atoms with van der Waals surface area (Å²) in [7, 11) is 1.57. The lowest BCUT2D eigenvalue weighted by atomic mass is 10.1. The zero-order chi connectivity index (χ0) is 20.7. The Morgan fingerprint density at radius 2 is 1.38 bits per heavy atom. The SMILES string of the molecule is COc1ccc(-c2nc(=O)c3c(-c4ccc(=CO)c(=CO)c4)nc(=O)c2=3)cc1C. The number of aliphatic hydroxyl groups is 2. The summed E-state index contributed by atoms with van der Waals surface area (Å²) in [6, 6.07) is 10.00. The fourth-order valence-electron chi connectivity index (χ4n) is 3.47. The summed E-state index contributed by atoms with van der Waals surface area (Å²) in [5.74, 6) is 0.691. The molecule has 29 heavy (non-hydrogen) atoms. The molecule has 2 aliphatic rings. The van der Waals surface area contributed by atoms with E-state index in [-0.39, 0.29) is 21.8 Å². The van der Waals surface area contributed by atoms with Crippen LogP contribution in [0.4, 0.5) is 0 Å². The highest BCUT2D eigenvalue weighted by atomic mass is 16.5. The lowest BCUT2D eigenvalue weighted by Crippen LogP contribution is -2.24. The van der Waals surface area contributed by atoms with Crippen molar-refractivity contribution in [3.63, 3.8) is 0 Å². The molecule has 0 saturated carbocycles. The van der Waals surface area contributed by atoms with Crippen molar-refractivity contribution in [1.82, 2.24) is 9.97 Å². The Hall–Kier alpha value is -4.00. The van der Waals surface area contributed by atoms with E-state index in [2.05, 4.69) is 9.97 Å². The lowest BCUT2D eigenvalue weighted by molar-refractivity contribution is 0.412. The number of methoxy groups -OCH3 is 1. The highest BCUT2D eigenvalue weighted by Gasteiger charge is 2.20. The monoisotopic (exact) mass is 388 g/mol. The van der Waals surface area contributed by atoms with Crippen LogP contribution in [0.25, 0.3) is 35.0 Å². The number of hydrogen-bond acceptors (Lipinski definition) is 7. The van der Waals surface area contributed by atoms with E-state index in [1.807, 2.05) is 6.92 Å². The van der Waals surface area contributed by atoms with Crippen molar-refractivity contribution in [3.05, 3.63) is 83.5 Å². The average molecular weight is 388 g/mol. The van der Waals surface area contributed by atoms with Gasteiger partial charge < -0.3 is 14.9 Å². The summed E-state index contributed by atoms with van der Waals surface area (Å²) in [5, 5.41) is 19.6. The van der Waals surface area contributed by atoms with Crippen molar-refractivity contribution in [2.24, 2.45) is 0 Å². The average Bonchev–Trinajstić information content (AvgIpc) is 3.25. The molecule has 0 atom stereocenters. The van der Waals surface area contributed by atoms with E-state index >= 15 is 0 Å². The van der Waals surface area contributed by atoms with Gasteiger partial charge in [0, 0.05) is 21.6 Å². The van der Waals surface area contributed by atoms with Gasteiger partial charge in [-0.1, -0.05) is 12.1 Å². The number of aromatic nitrogens is 2. The Balaban J connectivity index is 2.02. The molecule has 7 nitrogen and oxygen atoms in total. The van der Waals surface area contributed by atoms with Gasteiger partial charge in [0.05, 0.1) is 41.5 Å². The molecule has 2 aliphatic heterocycles. The normalized spacial score (nSPS) is 12.8. The van der Waals surface area contributed by atoms with Gasteiger partial charge in [0.1, 0.15) is 5.75 Å². The molecule has 0 aromatic heterocycles. The van der Waals surface area contributed by atoms with E-state index in [9.17, 15) is 19.8 Å². The molecule has 0 spiro atoms. The minimum atomic E-state index is -0.541. The molecule has 2 N–H and O–H groups in total. The van der Waals surface area contributed by atoms with Gasteiger partial charge in [-0.25, -0.2) is 9.97 Å². The highest BCUT2D eigenvalue weighted by molar-refractivity contribution is 5.68. The molecule has 0 saturated heterocycles. The number of aryl methyl sites for hydroxylation is 1. The Kier molecular flexibility index (Phi) is 4.35. The standard InChI is InChI=1S/C22H16N2O5/c1-11-7-12(5-6-16(11)29-2)19-17-18(22(28)23-19)20(24-21(17)27)13-3-4-14(9-25)15(8-13)10-26/h3-10,25-26H,1-2H3. The second kappa shape index (κ2) is 6.87. The van der Waals surface area contributed by atoms with Crippen LogP contribution in [0, 0.1) is 17.4 Å². The van der Waals surface area contributed by atoms with Gasteiger partial charge in [0.15, 0.2) is 0 Å². The van der Waals surface area contributed by atoms with Crippen molar-refractivity contribution >= 4 is 12.5 Å². The van der Waals surface area contributed by atoms with E-state index in [1.165, 1.54) is 6.07 Å². The minimum absolute atomic E-state index is 0.142. The molecule has 0 radical (unpaired) electrons. The first-order valence-corrected chi connectivity index (χ1v) is 8.73. The number of hydrogen-bond donors (Lipinski definition) is 2. The molecule has 2 heterocycles. The van der Waals surface area contributed by atoms with E-state index in [0.29, 0.717) is 27.3 Å². The third kappa shape index (κ3) is 2.84. The van der Waals surface area contributed by atoms with Gasteiger partial charge in [0.2, 0.25) is 0 Å². The molecule has 0 bridgehead atoms. The highest BCUT2D eigenvalue weighted by Crippen LogP contribution is 2.26. The van der Waals surface area contributed by atoms with Crippen LogP contribution < -0.4 is 26.3 Å². The summed E-state index contributed by atoms with van der Waals surface area (Å²) < 4.78 is 5.25. The Morgan fingerprint density at radius 1 is 0.828 bits per heavy atom. The van der Waals surface area contributed by atoms with Crippen molar-refractivity contribution in [1.29, 1.82) is 0 Å². The van der Waals surface area contributed by atoms with Gasteiger partial charge in [-0.15, -0.1) is 0 Å².